The fourth-order valence-electron chi connectivity index (χ4n) is 2.25. The van der Waals surface area contributed by atoms with Gasteiger partial charge < -0.3 is 4.90 Å². The van der Waals surface area contributed by atoms with Gasteiger partial charge in [0.25, 0.3) is 0 Å². The standard InChI is InChI=1S/C18H18FNO2/c1-2-20(16-10-8-15(19)9-11-16)18(22)13-12-17(21)14-6-4-3-5-7-14/h3-11H,2,12-13H2,1H3. The lowest BCUT2D eigenvalue weighted by Crippen LogP contribution is -2.30. The number of Topliss-reactive ketones (excluding diaryl/α,β-unsaturated/α-hetero) is 1. The van der Waals surface area contributed by atoms with Gasteiger partial charge in [0, 0.05) is 30.6 Å². The third kappa shape index (κ3) is 4.01. The van der Waals surface area contributed by atoms with Gasteiger partial charge in [0.05, 0.1) is 0 Å². The van der Waals surface area contributed by atoms with Crippen molar-refractivity contribution in [1.29, 1.82) is 0 Å². The highest BCUT2D eigenvalue weighted by atomic mass is 19.1. The second kappa shape index (κ2) is 7.50. The van der Waals surface area contributed by atoms with Crippen molar-refractivity contribution in [3.8, 4) is 0 Å². The zero-order valence-corrected chi connectivity index (χ0v) is 12.5. The number of carbonyl (C=O) groups is 2. The third-order valence-electron chi connectivity index (χ3n) is 3.42. The molecule has 2 aromatic rings. The number of benzene rings is 2. The second-order valence-corrected chi connectivity index (χ2v) is 4.90. The van der Waals surface area contributed by atoms with E-state index in [9.17, 15) is 14.0 Å². The monoisotopic (exact) mass is 299 g/mol. The van der Waals surface area contributed by atoms with Crippen LogP contribution in [0.25, 0.3) is 0 Å². The number of amides is 1. The van der Waals surface area contributed by atoms with E-state index in [0.29, 0.717) is 17.8 Å². The summed E-state index contributed by atoms with van der Waals surface area (Å²) in [5.74, 6) is -0.533. The summed E-state index contributed by atoms with van der Waals surface area (Å²) >= 11 is 0. The van der Waals surface area contributed by atoms with Gasteiger partial charge in [-0.2, -0.15) is 0 Å². The number of nitrogens with zero attached hydrogens (tertiary/aromatic N) is 1. The first-order valence-corrected chi connectivity index (χ1v) is 7.26. The van der Waals surface area contributed by atoms with Crippen molar-refractivity contribution in [2.24, 2.45) is 0 Å². The van der Waals surface area contributed by atoms with Crippen LogP contribution in [0, 0.1) is 5.82 Å². The highest BCUT2D eigenvalue weighted by Gasteiger charge is 2.16. The average Bonchev–Trinajstić information content (AvgIpc) is 2.56. The smallest absolute Gasteiger partial charge is 0.227 e. The van der Waals surface area contributed by atoms with E-state index in [0.717, 1.165) is 0 Å². The van der Waals surface area contributed by atoms with E-state index < -0.39 is 0 Å². The molecule has 0 atom stereocenters. The topological polar surface area (TPSA) is 37.4 Å². The molecule has 0 saturated heterocycles. The molecular weight excluding hydrogens is 281 g/mol. The van der Waals surface area contributed by atoms with Crippen LogP contribution in [0.4, 0.5) is 10.1 Å². The maximum Gasteiger partial charge on any atom is 0.227 e. The van der Waals surface area contributed by atoms with E-state index in [-0.39, 0.29) is 30.3 Å². The Morgan fingerprint density at radius 3 is 2.18 bits per heavy atom. The average molecular weight is 299 g/mol. The number of carbonyl (C=O) groups excluding carboxylic acids is 2. The first-order valence-electron chi connectivity index (χ1n) is 7.26. The minimum absolute atomic E-state index is 0.0518. The molecule has 0 saturated carbocycles. The van der Waals surface area contributed by atoms with Crippen LogP contribution in [-0.2, 0) is 4.79 Å². The van der Waals surface area contributed by atoms with Gasteiger partial charge in [0.2, 0.25) is 5.91 Å². The number of hydrogen-bond donors (Lipinski definition) is 0. The molecule has 0 heterocycles. The van der Waals surface area contributed by atoms with Crippen molar-refractivity contribution in [3.05, 3.63) is 66.0 Å². The Hall–Kier alpha value is -2.49. The molecule has 22 heavy (non-hydrogen) atoms. The van der Waals surface area contributed by atoms with Crippen molar-refractivity contribution in [1.82, 2.24) is 0 Å². The van der Waals surface area contributed by atoms with Crippen LogP contribution in [0.1, 0.15) is 30.1 Å². The van der Waals surface area contributed by atoms with Crippen molar-refractivity contribution >= 4 is 17.4 Å². The maximum atomic E-state index is 12.9. The lowest BCUT2D eigenvalue weighted by molar-refractivity contribution is -0.118. The highest BCUT2D eigenvalue weighted by molar-refractivity contribution is 6.00. The molecule has 2 aromatic carbocycles. The molecule has 3 nitrogen and oxygen atoms in total. The molecule has 0 bridgehead atoms. The largest absolute Gasteiger partial charge is 0.313 e. The van der Waals surface area contributed by atoms with Crippen LogP contribution in [0.5, 0.6) is 0 Å². The summed E-state index contributed by atoms with van der Waals surface area (Å²) in [5, 5.41) is 0. The van der Waals surface area contributed by atoms with Gasteiger partial charge in [-0.05, 0) is 31.2 Å². The van der Waals surface area contributed by atoms with Crippen molar-refractivity contribution in [3.63, 3.8) is 0 Å². The molecule has 0 aliphatic carbocycles. The van der Waals surface area contributed by atoms with E-state index in [4.69, 9.17) is 0 Å². The molecule has 0 aliphatic heterocycles. The molecule has 2 rings (SSSR count). The van der Waals surface area contributed by atoms with Crippen molar-refractivity contribution in [2.45, 2.75) is 19.8 Å². The molecule has 1 amide bonds. The van der Waals surface area contributed by atoms with E-state index in [1.165, 1.54) is 12.1 Å². The summed E-state index contributed by atoms with van der Waals surface area (Å²) in [4.78, 5) is 25.8. The Bertz CT molecular complexity index is 638. The fourth-order valence-corrected chi connectivity index (χ4v) is 2.25. The van der Waals surface area contributed by atoms with Crippen LogP contribution < -0.4 is 4.90 Å². The van der Waals surface area contributed by atoms with Gasteiger partial charge >= 0.3 is 0 Å². The van der Waals surface area contributed by atoms with E-state index in [2.05, 4.69) is 0 Å². The molecule has 4 heteroatoms. The van der Waals surface area contributed by atoms with Crippen LogP contribution in [0.2, 0.25) is 0 Å². The van der Waals surface area contributed by atoms with E-state index in [1.54, 1.807) is 41.3 Å². The second-order valence-electron chi connectivity index (χ2n) is 4.90. The van der Waals surface area contributed by atoms with Crippen LogP contribution in [0.15, 0.2) is 54.6 Å². The number of halogens is 1. The third-order valence-corrected chi connectivity index (χ3v) is 3.42. The lowest BCUT2D eigenvalue weighted by Gasteiger charge is -2.21. The number of hydrogen-bond acceptors (Lipinski definition) is 2. The number of anilines is 1. The Labute approximate surface area is 129 Å². The number of ketones is 1. The van der Waals surface area contributed by atoms with Crippen molar-refractivity contribution in [2.75, 3.05) is 11.4 Å². The minimum atomic E-state index is -0.341. The first-order chi connectivity index (χ1) is 10.6. The highest BCUT2D eigenvalue weighted by Crippen LogP contribution is 2.17. The number of rotatable bonds is 6. The van der Waals surface area contributed by atoms with E-state index in [1.807, 2.05) is 13.0 Å². The Morgan fingerprint density at radius 1 is 0.955 bits per heavy atom. The van der Waals surface area contributed by atoms with Gasteiger partial charge in [-0.15, -0.1) is 0 Å². The Kier molecular flexibility index (Phi) is 5.42. The summed E-state index contributed by atoms with van der Waals surface area (Å²) in [7, 11) is 0. The fraction of sp³-hybridized carbons (Fsp3) is 0.222. The first kappa shape index (κ1) is 15.9. The van der Waals surface area contributed by atoms with Gasteiger partial charge in [-0.3, -0.25) is 9.59 Å². The quantitative estimate of drug-likeness (QED) is 0.760. The lowest BCUT2D eigenvalue weighted by atomic mass is 10.1. The summed E-state index contributed by atoms with van der Waals surface area (Å²) in [6.45, 7) is 2.32. The van der Waals surface area contributed by atoms with Gasteiger partial charge in [-0.1, -0.05) is 30.3 Å². The molecule has 0 aromatic heterocycles. The SMILES string of the molecule is CCN(C(=O)CCC(=O)c1ccccc1)c1ccc(F)cc1. The Morgan fingerprint density at radius 2 is 1.59 bits per heavy atom. The molecule has 0 aliphatic rings. The molecule has 0 radical (unpaired) electrons. The predicted molar refractivity (Wildman–Crippen MR) is 84.4 cm³/mol. The van der Waals surface area contributed by atoms with Crippen molar-refractivity contribution < 1.29 is 14.0 Å². The summed E-state index contributed by atoms with van der Waals surface area (Å²) in [6, 6.07) is 14.7. The Balaban J connectivity index is 1.98. The predicted octanol–water partition coefficient (Wildman–Crippen LogP) is 3.84. The van der Waals surface area contributed by atoms with Gasteiger partial charge in [0.15, 0.2) is 5.78 Å². The summed E-state index contributed by atoms with van der Waals surface area (Å²) < 4.78 is 12.9. The zero-order valence-electron chi connectivity index (χ0n) is 12.5. The maximum absolute atomic E-state index is 12.9. The molecular formula is C18H18FNO2. The van der Waals surface area contributed by atoms with E-state index >= 15 is 0 Å². The summed E-state index contributed by atoms with van der Waals surface area (Å²) in [6.07, 6.45) is 0.305. The molecule has 0 spiro atoms. The van der Waals surface area contributed by atoms with Crippen LogP contribution in [-0.4, -0.2) is 18.2 Å². The van der Waals surface area contributed by atoms with Gasteiger partial charge in [0.1, 0.15) is 5.82 Å². The van der Waals surface area contributed by atoms with Crippen LogP contribution >= 0.6 is 0 Å². The van der Waals surface area contributed by atoms with Crippen LogP contribution in [0.3, 0.4) is 0 Å². The molecule has 0 N–H and O–H groups in total. The molecule has 114 valence electrons. The zero-order chi connectivity index (χ0) is 15.9. The van der Waals surface area contributed by atoms with Gasteiger partial charge in [-0.25, -0.2) is 4.39 Å². The minimum Gasteiger partial charge on any atom is -0.313 e. The molecule has 0 fully saturated rings. The summed E-state index contributed by atoms with van der Waals surface area (Å²) in [5.41, 5.74) is 1.25. The molecule has 0 unspecified atom stereocenters. The normalized spacial score (nSPS) is 10.3.